The Morgan fingerprint density at radius 3 is 3.00 bits per heavy atom. The molecular weight excluding hydrogens is 290 g/mol. The van der Waals surface area contributed by atoms with Gasteiger partial charge in [-0.1, -0.05) is 0 Å². The van der Waals surface area contributed by atoms with Crippen LogP contribution in [0.3, 0.4) is 0 Å². The van der Waals surface area contributed by atoms with E-state index in [0.29, 0.717) is 5.92 Å². The van der Waals surface area contributed by atoms with Gasteiger partial charge in [0.05, 0.1) is 18.5 Å². The first-order valence-corrected chi connectivity index (χ1v) is 8.48. The van der Waals surface area contributed by atoms with Crippen LogP contribution in [-0.2, 0) is 17.8 Å². The maximum Gasteiger partial charge on any atom is 0.132 e. The molecule has 122 valence electrons. The third kappa shape index (κ3) is 3.08. The first kappa shape index (κ1) is 14.6. The molecule has 6 heteroatoms. The van der Waals surface area contributed by atoms with Crippen LogP contribution in [-0.4, -0.2) is 39.5 Å². The van der Waals surface area contributed by atoms with Gasteiger partial charge in [0.2, 0.25) is 0 Å². The number of ether oxygens (including phenoxy) is 1. The van der Waals surface area contributed by atoms with E-state index in [4.69, 9.17) is 4.74 Å². The molecule has 0 unspecified atom stereocenters. The number of nitrogens with zero attached hydrogens (tertiary/aromatic N) is 5. The van der Waals surface area contributed by atoms with Gasteiger partial charge in [0, 0.05) is 43.9 Å². The summed E-state index contributed by atoms with van der Waals surface area (Å²) in [6.45, 7) is 6.37. The zero-order valence-corrected chi connectivity index (χ0v) is 13.6. The summed E-state index contributed by atoms with van der Waals surface area (Å²) in [5.41, 5.74) is 2.68. The van der Waals surface area contributed by atoms with Gasteiger partial charge in [-0.2, -0.15) is 5.10 Å². The average molecular weight is 313 g/mol. The monoisotopic (exact) mass is 313 g/mol. The largest absolute Gasteiger partial charge is 0.381 e. The zero-order valence-electron chi connectivity index (χ0n) is 13.6. The number of rotatable bonds is 6. The van der Waals surface area contributed by atoms with Gasteiger partial charge < -0.3 is 9.64 Å². The molecule has 0 radical (unpaired) electrons. The molecule has 0 amide bonds. The quantitative estimate of drug-likeness (QED) is 0.818. The molecule has 1 fully saturated rings. The fourth-order valence-corrected chi connectivity index (χ4v) is 3.38. The van der Waals surface area contributed by atoms with E-state index in [1.807, 2.05) is 19.2 Å². The van der Waals surface area contributed by atoms with E-state index in [1.54, 1.807) is 12.5 Å². The minimum atomic E-state index is 0.343. The normalized spacial score (nSPS) is 20.6. The standard InChI is InChI=1S/C17H23N5O/c1-2-23-11-15-10-21(16-5-6-18-12-19-16)9-14-7-20-22(17(14)15)8-13-3-4-13/h5-7,12-13,15H,2-4,8-11H2,1H3/t15-/m0/s1. The molecule has 2 aromatic rings. The average Bonchev–Trinajstić information content (AvgIpc) is 3.32. The molecule has 2 aromatic heterocycles. The molecule has 4 rings (SSSR count). The summed E-state index contributed by atoms with van der Waals surface area (Å²) in [5.74, 6) is 2.14. The van der Waals surface area contributed by atoms with Crippen LogP contribution in [0, 0.1) is 5.92 Å². The second-order valence-corrected chi connectivity index (χ2v) is 6.49. The highest BCUT2D eigenvalue weighted by Gasteiger charge is 2.32. The lowest BCUT2D eigenvalue weighted by Crippen LogP contribution is -2.37. The summed E-state index contributed by atoms with van der Waals surface area (Å²) in [5, 5.41) is 4.67. The number of fused-ring (bicyclic) bond motifs is 1. The summed E-state index contributed by atoms with van der Waals surface area (Å²) in [6.07, 6.45) is 8.13. The van der Waals surface area contributed by atoms with E-state index in [1.165, 1.54) is 24.1 Å². The molecule has 23 heavy (non-hydrogen) atoms. The topological polar surface area (TPSA) is 56.1 Å². The van der Waals surface area contributed by atoms with Gasteiger partial charge in [-0.05, 0) is 31.7 Å². The molecule has 0 spiro atoms. The number of hydrogen-bond acceptors (Lipinski definition) is 5. The predicted octanol–water partition coefficient (Wildman–Crippen LogP) is 2.22. The van der Waals surface area contributed by atoms with Crippen molar-refractivity contribution >= 4 is 5.82 Å². The Morgan fingerprint density at radius 1 is 1.35 bits per heavy atom. The smallest absolute Gasteiger partial charge is 0.132 e. The van der Waals surface area contributed by atoms with E-state index in [2.05, 4.69) is 24.6 Å². The van der Waals surface area contributed by atoms with Gasteiger partial charge in [0.1, 0.15) is 12.1 Å². The van der Waals surface area contributed by atoms with Crippen molar-refractivity contribution in [2.45, 2.75) is 38.8 Å². The van der Waals surface area contributed by atoms with Crippen LogP contribution in [0.1, 0.15) is 36.9 Å². The fraction of sp³-hybridized carbons (Fsp3) is 0.588. The van der Waals surface area contributed by atoms with Crippen LogP contribution < -0.4 is 4.90 Å². The Hall–Kier alpha value is -1.95. The Balaban J connectivity index is 1.61. The van der Waals surface area contributed by atoms with E-state index in [9.17, 15) is 0 Å². The van der Waals surface area contributed by atoms with Gasteiger partial charge in [-0.15, -0.1) is 0 Å². The van der Waals surface area contributed by atoms with Gasteiger partial charge in [-0.3, -0.25) is 4.68 Å². The Morgan fingerprint density at radius 2 is 2.26 bits per heavy atom. The van der Waals surface area contributed by atoms with Crippen molar-refractivity contribution < 1.29 is 4.74 Å². The summed E-state index contributed by atoms with van der Waals surface area (Å²) >= 11 is 0. The highest BCUT2D eigenvalue weighted by Crippen LogP contribution is 2.35. The first-order valence-electron chi connectivity index (χ1n) is 8.48. The molecule has 1 atom stereocenters. The lowest BCUT2D eigenvalue weighted by Gasteiger charge is -2.34. The zero-order chi connectivity index (χ0) is 15.6. The SMILES string of the molecule is CCOC[C@@H]1CN(c2ccncn2)Cc2cnn(CC3CC3)c21. The van der Waals surface area contributed by atoms with Crippen molar-refractivity contribution in [1.29, 1.82) is 0 Å². The lowest BCUT2D eigenvalue weighted by atomic mass is 9.96. The van der Waals surface area contributed by atoms with Crippen molar-refractivity contribution in [2.24, 2.45) is 5.92 Å². The van der Waals surface area contributed by atoms with Gasteiger partial charge in [0.25, 0.3) is 0 Å². The summed E-state index contributed by atoms with van der Waals surface area (Å²) in [7, 11) is 0. The highest BCUT2D eigenvalue weighted by molar-refractivity contribution is 5.43. The molecule has 1 aliphatic heterocycles. The molecule has 1 aliphatic carbocycles. The van der Waals surface area contributed by atoms with Crippen molar-refractivity contribution in [3.8, 4) is 0 Å². The molecule has 0 aromatic carbocycles. The van der Waals surface area contributed by atoms with E-state index in [-0.39, 0.29) is 0 Å². The number of aromatic nitrogens is 4. The van der Waals surface area contributed by atoms with Crippen molar-refractivity contribution in [3.05, 3.63) is 36.0 Å². The maximum atomic E-state index is 5.76. The van der Waals surface area contributed by atoms with Crippen LogP contribution in [0.15, 0.2) is 24.8 Å². The van der Waals surface area contributed by atoms with Crippen molar-refractivity contribution in [1.82, 2.24) is 19.7 Å². The summed E-state index contributed by atoms with van der Waals surface area (Å²) < 4.78 is 7.99. The highest BCUT2D eigenvalue weighted by atomic mass is 16.5. The summed E-state index contributed by atoms with van der Waals surface area (Å²) in [6, 6.07) is 1.97. The Bertz CT molecular complexity index is 652. The molecule has 3 heterocycles. The Labute approximate surface area is 136 Å². The second-order valence-electron chi connectivity index (χ2n) is 6.49. The number of hydrogen-bond donors (Lipinski definition) is 0. The fourth-order valence-electron chi connectivity index (χ4n) is 3.38. The second kappa shape index (κ2) is 6.28. The molecule has 2 aliphatic rings. The molecule has 0 saturated heterocycles. The van der Waals surface area contributed by atoms with Gasteiger partial charge in [-0.25, -0.2) is 9.97 Å². The molecule has 6 nitrogen and oxygen atoms in total. The van der Waals surface area contributed by atoms with Crippen LogP contribution in [0.4, 0.5) is 5.82 Å². The van der Waals surface area contributed by atoms with Gasteiger partial charge in [0.15, 0.2) is 0 Å². The van der Waals surface area contributed by atoms with E-state index in [0.717, 1.165) is 44.6 Å². The van der Waals surface area contributed by atoms with Crippen LogP contribution >= 0.6 is 0 Å². The molecule has 1 saturated carbocycles. The van der Waals surface area contributed by atoms with Crippen LogP contribution in [0.2, 0.25) is 0 Å². The third-order valence-corrected chi connectivity index (χ3v) is 4.69. The van der Waals surface area contributed by atoms with E-state index >= 15 is 0 Å². The van der Waals surface area contributed by atoms with Crippen LogP contribution in [0.25, 0.3) is 0 Å². The summed E-state index contributed by atoms with van der Waals surface area (Å²) in [4.78, 5) is 10.7. The van der Waals surface area contributed by atoms with Crippen LogP contribution in [0.5, 0.6) is 0 Å². The van der Waals surface area contributed by atoms with E-state index < -0.39 is 0 Å². The lowest BCUT2D eigenvalue weighted by molar-refractivity contribution is 0.129. The molecule has 0 N–H and O–H groups in total. The molecule has 0 bridgehead atoms. The van der Waals surface area contributed by atoms with Crippen molar-refractivity contribution in [3.63, 3.8) is 0 Å². The van der Waals surface area contributed by atoms with Gasteiger partial charge >= 0.3 is 0 Å². The minimum absolute atomic E-state index is 0.343. The first-order chi connectivity index (χ1) is 11.3. The Kier molecular flexibility index (Phi) is 3.99. The third-order valence-electron chi connectivity index (χ3n) is 4.69. The number of anilines is 1. The van der Waals surface area contributed by atoms with Crippen molar-refractivity contribution in [2.75, 3.05) is 24.7 Å². The molecular formula is C17H23N5O. The maximum absolute atomic E-state index is 5.76. The minimum Gasteiger partial charge on any atom is -0.381 e. The predicted molar refractivity (Wildman–Crippen MR) is 87.3 cm³/mol.